The van der Waals surface area contributed by atoms with Gasteiger partial charge in [0.05, 0.1) is 0 Å². The van der Waals surface area contributed by atoms with Crippen molar-refractivity contribution in [3.05, 3.63) is 0 Å². The van der Waals surface area contributed by atoms with E-state index in [9.17, 15) is 14.4 Å². The van der Waals surface area contributed by atoms with E-state index in [0.717, 1.165) is 12.8 Å². The average molecular weight is 285 g/mol. The zero-order chi connectivity index (χ0) is 15.1. The maximum Gasteiger partial charge on any atom is 0.326 e. The fourth-order valence-electron chi connectivity index (χ4n) is 2.02. The summed E-state index contributed by atoms with van der Waals surface area (Å²) in [4.78, 5) is 35.9. The topological polar surface area (TPSA) is 98.7 Å². The maximum absolute atomic E-state index is 11.7. The van der Waals surface area contributed by atoms with Gasteiger partial charge in [-0.3, -0.25) is 4.79 Å². The Hall–Kier alpha value is -1.79. The zero-order valence-electron chi connectivity index (χ0n) is 12.0. The highest BCUT2D eigenvalue weighted by atomic mass is 16.4. The molecule has 3 N–H and O–H groups in total. The monoisotopic (exact) mass is 285 g/mol. The van der Waals surface area contributed by atoms with Gasteiger partial charge >= 0.3 is 12.0 Å². The lowest BCUT2D eigenvalue weighted by Gasteiger charge is -2.19. The predicted molar refractivity (Wildman–Crippen MR) is 73.2 cm³/mol. The molecule has 3 amide bonds. The van der Waals surface area contributed by atoms with Crippen LogP contribution < -0.4 is 10.6 Å². The lowest BCUT2D eigenvalue weighted by molar-refractivity contribution is -0.139. The number of rotatable bonds is 8. The zero-order valence-corrected chi connectivity index (χ0v) is 12.0. The smallest absolute Gasteiger partial charge is 0.326 e. The molecule has 1 saturated carbocycles. The second kappa shape index (κ2) is 7.72. The standard InChI is InChI=1S/C13H23N3O4/c1-3-16(4-2)10(17)7-8-14-13(20)15-11(12(18)19)9-5-6-9/h9,11H,3-8H2,1-2H3,(H,18,19)(H2,14,15,20). The summed E-state index contributed by atoms with van der Waals surface area (Å²) in [5.74, 6) is -0.996. The minimum Gasteiger partial charge on any atom is -0.480 e. The van der Waals surface area contributed by atoms with Crippen molar-refractivity contribution >= 4 is 17.9 Å². The number of urea groups is 1. The number of nitrogens with one attached hydrogen (secondary N) is 2. The van der Waals surface area contributed by atoms with Crippen LogP contribution in [0.5, 0.6) is 0 Å². The Bertz CT molecular complexity index is 365. The third-order valence-corrected chi connectivity index (χ3v) is 3.39. The van der Waals surface area contributed by atoms with Crippen LogP contribution in [-0.2, 0) is 9.59 Å². The molecule has 20 heavy (non-hydrogen) atoms. The number of hydrogen-bond donors (Lipinski definition) is 3. The third kappa shape index (κ3) is 5.07. The molecule has 0 saturated heterocycles. The fourth-order valence-corrected chi connectivity index (χ4v) is 2.02. The van der Waals surface area contributed by atoms with Crippen LogP contribution in [0.1, 0.15) is 33.1 Å². The van der Waals surface area contributed by atoms with Gasteiger partial charge in [0.15, 0.2) is 0 Å². The largest absolute Gasteiger partial charge is 0.480 e. The summed E-state index contributed by atoms with van der Waals surface area (Å²) < 4.78 is 0. The Morgan fingerprint density at radius 2 is 1.85 bits per heavy atom. The summed E-state index contributed by atoms with van der Waals surface area (Å²) in [6.07, 6.45) is 1.88. The van der Waals surface area contributed by atoms with E-state index in [2.05, 4.69) is 10.6 Å². The molecule has 1 atom stereocenters. The molecule has 0 heterocycles. The van der Waals surface area contributed by atoms with Crippen molar-refractivity contribution in [3.63, 3.8) is 0 Å². The van der Waals surface area contributed by atoms with Crippen molar-refractivity contribution < 1.29 is 19.5 Å². The lowest BCUT2D eigenvalue weighted by atomic mass is 10.2. The van der Waals surface area contributed by atoms with Crippen molar-refractivity contribution in [2.45, 2.75) is 39.2 Å². The molecule has 1 rings (SSSR count). The highest BCUT2D eigenvalue weighted by Crippen LogP contribution is 2.32. The molecule has 0 aromatic rings. The Balaban J connectivity index is 2.25. The number of aliphatic carboxylic acids is 1. The average Bonchev–Trinajstić information content (AvgIpc) is 3.21. The lowest BCUT2D eigenvalue weighted by Crippen LogP contribution is -2.47. The predicted octanol–water partition coefficient (Wildman–Crippen LogP) is 0.407. The van der Waals surface area contributed by atoms with Crippen LogP contribution in [0, 0.1) is 5.92 Å². The minimum atomic E-state index is -1.01. The summed E-state index contributed by atoms with van der Waals surface area (Å²) in [5, 5.41) is 13.9. The van der Waals surface area contributed by atoms with Gasteiger partial charge in [-0.05, 0) is 32.6 Å². The van der Waals surface area contributed by atoms with Crippen LogP contribution in [0.3, 0.4) is 0 Å². The normalized spacial score (nSPS) is 15.3. The summed E-state index contributed by atoms with van der Waals surface area (Å²) in [5.41, 5.74) is 0. The minimum absolute atomic E-state index is 0.0210. The molecule has 7 nitrogen and oxygen atoms in total. The molecule has 1 unspecified atom stereocenters. The van der Waals surface area contributed by atoms with Crippen molar-refractivity contribution in [2.24, 2.45) is 5.92 Å². The van der Waals surface area contributed by atoms with Gasteiger partial charge in [-0.25, -0.2) is 9.59 Å². The van der Waals surface area contributed by atoms with E-state index in [4.69, 9.17) is 5.11 Å². The van der Waals surface area contributed by atoms with Crippen molar-refractivity contribution in [1.29, 1.82) is 0 Å². The molecule has 0 radical (unpaired) electrons. The molecule has 0 bridgehead atoms. The molecule has 1 aliphatic rings. The fraction of sp³-hybridized carbons (Fsp3) is 0.769. The van der Waals surface area contributed by atoms with Gasteiger partial charge < -0.3 is 20.6 Å². The number of carboxylic acids is 1. The van der Waals surface area contributed by atoms with Crippen molar-refractivity contribution in [3.8, 4) is 0 Å². The molecular formula is C13H23N3O4. The SMILES string of the molecule is CCN(CC)C(=O)CCNC(=O)NC(C(=O)O)C1CC1. The van der Waals surface area contributed by atoms with E-state index >= 15 is 0 Å². The molecule has 7 heteroatoms. The molecule has 0 aliphatic heterocycles. The Morgan fingerprint density at radius 3 is 2.30 bits per heavy atom. The van der Waals surface area contributed by atoms with E-state index < -0.39 is 18.0 Å². The van der Waals surface area contributed by atoms with E-state index in [0.29, 0.717) is 13.1 Å². The van der Waals surface area contributed by atoms with Crippen LogP contribution in [0.2, 0.25) is 0 Å². The van der Waals surface area contributed by atoms with Crippen LogP contribution in [-0.4, -0.2) is 53.6 Å². The number of carbonyl (C=O) groups excluding carboxylic acids is 2. The molecular weight excluding hydrogens is 262 g/mol. The van der Waals surface area contributed by atoms with Gasteiger partial charge in [-0.1, -0.05) is 0 Å². The van der Waals surface area contributed by atoms with E-state index in [1.165, 1.54) is 0 Å². The second-order valence-corrected chi connectivity index (χ2v) is 4.87. The number of amides is 3. The third-order valence-electron chi connectivity index (χ3n) is 3.39. The highest BCUT2D eigenvalue weighted by Gasteiger charge is 2.37. The number of carboxylic acid groups (broad SMARTS) is 1. The van der Waals surface area contributed by atoms with Crippen molar-refractivity contribution in [2.75, 3.05) is 19.6 Å². The number of nitrogens with zero attached hydrogens (tertiary/aromatic N) is 1. The van der Waals surface area contributed by atoms with E-state index in [-0.39, 0.29) is 24.8 Å². The van der Waals surface area contributed by atoms with Crippen LogP contribution >= 0.6 is 0 Å². The van der Waals surface area contributed by atoms with Crippen LogP contribution in [0.25, 0.3) is 0 Å². The summed E-state index contributed by atoms with van der Waals surface area (Å²) >= 11 is 0. The molecule has 0 aromatic carbocycles. The molecule has 0 spiro atoms. The van der Waals surface area contributed by atoms with Gasteiger partial charge in [0.2, 0.25) is 5.91 Å². The first-order valence-corrected chi connectivity index (χ1v) is 7.04. The molecule has 0 aromatic heterocycles. The summed E-state index contributed by atoms with van der Waals surface area (Å²) in [6, 6.07) is -1.36. The Morgan fingerprint density at radius 1 is 1.25 bits per heavy atom. The van der Waals surface area contributed by atoms with Gasteiger partial charge in [0.1, 0.15) is 6.04 Å². The summed E-state index contributed by atoms with van der Waals surface area (Å²) in [6.45, 7) is 5.29. The molecule has 1 fully saturated rings. The maximum atomic E-state index is 11.7. The highest BCUT2D eigenvalue weighted by molar-refractivity contribution is 5.83. The van der Waals surface area contributed by atoms with E-state index in [1.807, 2.05) is 13.8 Å². The van der Waals surface area contributed by atoms with Crippen LogP contribution in [0.4, 0.5) is 4.79 Å². The molecule has 114 valence electrons. The second-order valence-electron chi connectivity index (χ2n) is 4.87. The quantitative estimate of drug-likeness (QED) is 0.601. The summed E-state index contributed by atoms with van der Waals surface area (Å²) in [7, 11) is 0. The first-order valence-electron chi connectivity index (χ1n) is 7.04. The van der Waals surface area contributed by atoms with Gasteiger partial charge in [-0.15, -0.1) is 0 Å². The first-order chi connectivity index (χ1) is 9.49. The number of hydrogen-bond acceptors (Lipinski definition) is 3. The van der Waals surface area contributed by atoms with Gasteiger partial charge in [0.25, 0.3) is 0 Å². The van der Waals surface area contributed by atoms with Gasteiger partial charge in [0, 0.05) is 26.1 Å². The van der Waals surface area contributed by atoms with Gasteiger partial charge in [-0.2, -0.15) is 0 Å². The Labute approximate surface area is 118 Å². The van der Waals surface area contributed by atoms with Crippen LogP contribution in [0.15, 0.2) is 0 Å². The van der Waals surface area contributed by atoms with Crippen molar-refractivity contribution in [1.82, 2.24) is 15.5 Å². The first kappa shape index (κ1) is 16.3. The Kier molecular flexibility index (Phi) is 6.27. The number of carbonyl (C=O) groups is 3. The molecule has 1 aliphatic carbocycles. The van der Waals surface area contributed by atoms with E-state index in [1.54, 1.807) is 4.90 Å².